The minimum atomic E-state index is 0.795. The fourth-order valence-corrected chi connectivity index (χ4v) is 2.72. The van der Waals surface area contributed by atoms with Gasteiger partial charge in [-0.2, -0.15) is 11.8 Å². The SMILES string of the molecule is CC(C)CCNC1CSC(C)C1. The fraction of sp³-hybridized carbons (Fsp3) is 1.00. The van der Waals surface area contributed by atoms with E-state index in [1.807, 2.05) is 0 Å². The van der Waals surface area contributed by atoms with Crippen LogP contribution in [0.4, 0.5) is 0 Å². The van der Waals surface area contributed by atoms with E-state index >= 15 is 0 Å². The van der Waals surface area contributed by atoms with Gasteiger partial charge in [-0.25, -0.2) is 0 Å². The molecular weight excluding hydrogens is 166 g/mol. The van der Waals surface area contributed by atoms with Gasteiger partial charge in [-0.15, -0.1) is 0 Å². The summed E-state index contributed by atoms with van der Waals surface area (Å²) < 4.78 is 0. The maximum absolute atomic E-state index is 3.62. The van der Waals surface area contributed by atoms with Gasteiger partial charge in [-0.05, 0) is 25.3 Å². The Morgan fingerprint density at radius 2 is 2.25 bits per heavy atom. The molecule has 2 atom stereocenters. The van der Waals surface area contributed by atoms with Gasteiger partial charge >= 0.3 is 0 Å². The van der Waals surface area contributed by atoms with Crippen LogP contribution in [0.5, 0.6) is 0 Å². The van der Waals surface area contributed by atoms with Crippen molar-refractivity contribution in [3.8, 4) is 0 Å². The summed E-state index contributed by atoms with van der Waals surface area (Å²) in [5.41, 5.74) is 0. The molecule has 0 amide bonds. The van der Waals surface area contributed by atoms with Crippen molar-refractivity contribution in [3.05, 3.63) is 0 Å². The third-order valence-corrected chi connectivity index (χ3v) is 3.71. The molecule has 1 aliphatic heterocycles. The van der Waals surface area contributed by atoms with Crippen LogP contribution in [-0.2, 0) is 0 Å². The number of thioether (sulfide) groups is 1. The maximum atomic E-state index is 3.62. The molecule has 1 heterocycles. The third kappa shape index (κ3) is 3.81. The third-order valence-electron chi connectivity index (χ3n) is 2.35. The Labute approximate surface area is 80.7 Å². The van der Waals surface area contributed by atoms with E-state index in [9.17, 15) is 0 Å². The van der Waals surface area contributed by atoms with Gasteiger partial charge in [0.15, 0.2) is 0 Å². The Morgan fingerprint density at radius 1 is 1.50 bits per heavy atom. The monoisotopic (exact) mass is 187 g/mol. The fourth-order valence-electron chi connectivity index (χ4n) is 1.54. The Hall–Kier alpha value is 0.310. The average Bonchev–Trinajstić information content (AvgIpc) is 2.35. The molecule has 0 radical (unpaired) electrons. The van der Waals surface area contributed by atoms with Crippen LogP contribution in [0.15, 0.2) is 0 Å². The van der Waals surface area contributed by atoms with E-state index in [-0.39, 0.29) is 0 Å². The largest absolute Gasteiger partial charge is 0.313 e. The molecule has 2 unspecified atom stereocenters. The molecule has 0 aromatic rings. The molecule has 12 heavy (non-hydrogen) atoms. The standard InChI is InChI=1S/C10H21NS/c1-8(2)4-5-11-10-6-9(3)12-7-10/h8-11H,4-7H2,1-3H3. The van der Waals surface area contributed by atoms with Crippen LogP contribution in [-0.4, -0.2) is 23.6 Å². The topological polar surface area (TPSA) is 12.0 Å². The van der Waals surface area contributed by atoms with Crippen LogP contribution in [0.1, 0.15) is 33.6 Å². The summed E-state index contributed by atoms with van der Waals surface area (Å²) >= 11 is 2.10. The molecule has 1 N–H and O–H groups in total. The van der Waals surface area contributed by atoms with E-state index in [1.54, 1.807) is 0 Å². The first-order chi connectivity index (χ1) is 5.68. The lowest BCUT2D eigenvalue weighted by Gasteiger charge is -2.12. The van der Waals surface area contributed by atoms with Crippen LogP contribution in [0.3, 0.4) is 0 Å². The van der Waals surface area contributed by atoms with Gasteiger partial charge in [0.25, 0.3) is 0 Å². The molecule has 72 valence electrons. The van der Waals surface area contributed by atoms with E-state index in [1.165, 1.54) is 25.1 Å². The molecular formula is C10H21NS. The Bertz CT molecular complexity index is 125. The summed E-state index contributed by atoms with van der Waals surface area (Å²) in [6, 6.07) is 0.795. The second kappa shape index (κ2) is 5.13. The van der Waals surface area contributed by atoms with E-state index < -0.39 is 0 Å². The summed E-state index contributed by atoms with van der Waals surface area (Å²) in [5.74, 6) is 2.16. The molecule has 1 saturated heterocycles. The van der Waals surface area contributed by atoms with E-state index in [4.69, 9.17) is 0 Å². The number of hydrogen-bond donors (Lipinski definition) is 1. The van der Waals surface area contributed by atoms with E-state index in [2.05, 4.69) is 37.8 Å². The maximum Gasteiger partial charge on any atom is 0.0168 e. The van der Waals surface area contributed by atoms with Gasteiger partial charge in [0, 0.05) is 17.0 Å². The molecule has 0 bridgehead atoms. The highest BCUT2D eigenvalue weighted by atomic mass is 32.2. The van der Waals surface area contributed by atoms with Crippen LogP contribution >= 0.6 is 11.8 Å². The molecule has 0 aromatic carbocycles. The summed E-state index contributed by atoms with van der Waals surface area (Å²) in [6.45, 7) is 8.10. The van der Waals surface area contributed by atoms with Gasteiger partial charge in [0.1, 0.15) is 0 Å². The van der Waals surface area contributed by atoms with E-state index in [0.717, 1.165) is 17.2 Å². The second-order valence-corrected chi connectivity index (χ2v) is 5.68. The van der Waals surface area contributed by atoms with Crippen LogP contribution in [0.2, 0.25) is 0 Å². The highest BCUT2D eigenvalue weighted by Gasteiger charge is 2.20. The minimum Gasteiger partial charge on any atom is -0.313 e. The first-order valence-corrected chi connectivity index (χ1v) is 6.08. The van der Waals surface area contributed by atoms with E-state index in [0.29, 0.717) is 0 Å². The molecule has 1 rings (SSSR count). The molecule has 1 aliphatic rings. The average molecular weight is 187 g/mol. The normalized spacial score (nSPS) is 30.0. The van der Waals surface area contributed by atoms with Gasteiger partial charge in [-0.3, -0.25) is 0 Å². The molecule has 0 aromatic heterocycles. The van der Waals surface area contributed by atoms with Gasteiger partial charge in [0.2, 0.25) is 0 Å². The molecule has 0 aliphatic carbocycles. The van der Waals surface area contributed by atoms with Crippen molar-refractivity contribution in [2.24, 2.45) is 5.92 Å². The van der Waals surface area contributed by atoms with Crippen LogP contribution < -0.4 is 5.32 Å². The summed E-state index contributed by atoms with van der Waals surface area (Å²) in [4.78, 5) is 0. The van der Waals surface area contributed by atoms with Crippen molar-refractivity contribution in [1.82, 2.24) is 5.32 Å². The van der Waals surface area contributed by atoms with Crippen molar-refractivity contribution in [1.29, 1.82) is 0 Å². The Balaban J connectivity index is 2.00. The predicted molar refractivity (Wildman–Crippen MR) is 57.8 cm³/mol. The highest BCUT2D eigenvalue weighted by Crippen LogP contribution is 2.25. The zero-order chi connectivity index (χ0) is 8.97. The zero-order valence-corrected chi connectivity index (χ0v) is 9.29. The van der Waals surface area contributed by atoms with Crippen LogP contribution in [0.25, 0.3) is 0 Å². The molecule has 0 spiro atoms. The molecule has 1 fully saturated rings. The lowest BCUT2D eigenvalue weighted by Crippen LogP contribution is -2.30. The van der Waals surface area contributed by atoms with Gasteiger partial charge in [-0.1, -0.05) is 20.8 Å². The quantitative estimate of drug-likeness (QED) is 0.726. The van der Waals surface area contributed by atoms with Crippen molar-refractivity contribution in [3.63, 3.8) is 0 Å². The summed E-state index contributed by atoms with van der Waals surface area (Å²) in [6.07, 6.45) is 2.68. The molecule has 2 heteroatoms. The smallest absolute Gasteiger partial charge is 0.0168 e. The first-order valence-electron chi connectivity index (χ1n) is 5.03. The Morgan fingerprint density at radius 3 is 2.75 bits per heavy atom. The number of nitrogens with one attached hydrogen (secondary N) is 1. The number of hydrogen-bond acceptors (Lipinski definition) is 2. The zero-order valence-electron chi connectivity index (χ0n) is 8.47. The molecule has 1 nitrogen and oxygen atoms in total. The minimum absolute atomic E-state index is 0.795. The lowest BCUT2D eigenvalue weighted by molar-refractivity contribution is 0.483. The van der Waals surface area contributed by atoms with Gasteiger partial charge < -0.3 is 5.32 Å². The summed E-state index contributed by atoms with van der Waals surface area (Å²) in [7, 11) is 0. The number of rotatable bonds is 4. The molecule has 0 saturated carbocycles. The van der Waals surface area contributed by atoms with Crippen molar-refractivity contribution < 1.29 is 0 Å². The van der Waals surface area contributed by atoms with Gasteiger partial charge in [0.05, 0.1) is 0 Å². The van der Waals surface area contributed by atoms with Crippen molar-refractivity contribution in [2.45, 2.75) is 44.9 Å². The summed E-state index contributed by atoms with van der Waals surface area (Å²) in [5, 5.41) is 4.50. The highest BCUT2D eigenvalue weighted by molar-refractivity contribution is 8.00. The van der Waals surface area contributed by atoms with Crippen LogP contribution in [0, 0.1) is 5.92 Å². The lowest BCUT2D eigenvalue weighted by atomic mass is 10.1. The van der Waals surface area contributed by atoms with Crippen molar-refractivity contribution in [2.75, 3.05) is 12.3 Å². The van der Waals surface area contributed by atoms with Crippen molar-refractivity contribution >= 4 is 11.8 Å². The first kappa shape index (κ1) is 10.4. The Kier molecular flexibility index (Phi) is 4.44. The second-order valence-electron chi connectivity index (χ2n) is 4.21. The predicted octanol–water partition coefficient (Wildman–Crippen LogP) is 2.52.